The van der Waals surface area contributed by atoms with Crippen LogP contribution < -0.4 is 0 Å². The van der Waals surface area contributed by atoms with E-state index in [4.69, 9.17) is 14.2 Å². The Morgan fingerprint density at radius 2 is 1.83 bits per heavy atom. The molecule has 3 saturated heterocycles. The maximum atomic E-state index is 14.1. The predicted molar refractivity (Wildman–Crippen MR) is 123 cm³/mol. The Hall–Kier alpha value is -1.57. The van der Waals surface area contributed by atoms with E-state index in [1.165, 1.54) is 0 Å². The molecule has 1 N–H and O–H groups in total. The third kappa shape index (κ3) is 2.33. The average Bonchev–Trinajstić information content (AvgIpc) is 3.66. The van der Waals surface area contributed by atoms with E-state index in [0.717, 1.165) is 12.8 Å². The Morgan fingerprint density at radius 3 is 2.54 bits per heavy atom. The van der Waals surface area contributed by atoms with E-state index in [9.17, 15) is 19.5 Å². The van der Waals surface area contributed by atoms with Crippen LogP contribution in [0, 0.1) is 40.4 Å². The van der Waals surface area contributed by atoms with Gasteiger partial charge in [0.2, 0.25) is 0 Å². The standard InChI is InChI=1S/C28H36O7/c1-13(17-12-24(2)27(5,35-24)23(31)33-17)14-8-9-15-20-16(11-19(30)25(14,15)3)26(4)18(29)7-6-10-28(26,32)22-21(20)34-22/h6-7,13-17,20-22,32H,8-12H2,1-5H3. The van der Waals surface area contributed by atoms with Crippen LogP contribution in [0.15, 0.2) is 12.2 Å². The minimum Gasteiger partial charge on any atom is -0.460 e. The third-order valence-corrected chi connectivity index (χ3v) is 12.3. The number of esters is 1. The summed E-state index contributed by atoms with van der Waals surface area (Å²) >= 11 is 0. The summed E-state index contributed by atoms with van der Waals surface area (Å²) in [6.45, 7) is 9.88. The number of ether oxygens (including phenoxy) is 3. The van der Waals surface area contributed by atoms with Crippen molar-refractivity contribution in [1.29, 1.82) is 0 Å². The van der Waals surface area contributed by atoms with E-state index in [0.29, 0.717) is 12.8 Å². The van der Waals surface area contributed by atoms with E-state index < -0.39 is 27.6 Å². The second-order valence-electron chi connectivity index (χ2n) is 13.4. The quantitative estimate of drug-likeness (QED) is 0.475. The Labute approximate surface area is 205 Å². The molecule has 3 saturated carbocycles. The number of aliphatic hydroxyl groups is 1. The first-order valence-electron chi connectivity index (χ1n) is 13.4. The summed E-state index contributed by atoms with van der Waals surface area (Å²) in [7, 11) is 0. The Balaban J connectivity index is 1.22. The normalized spacial score (nSPS) is 60.5. The molecule has 7 heteroatoms. The van der Waals surface area contributed by atoms with Gasteiger partial charge >= 0.3 is 5.97 Å². The van der Waals surface area contributed by atoms with Crippen LogP contribution in [-0.2, 0) is 28.6 Å². The molecule has 6 fully saturated rings. The highest BCUT2D eigenvalue weighted by molar-refractivity contribution is 5.98. The average molecular weight is 485 g/mol. The maximum Gasteiger partial charge on any atom is 0.341 e. The number of rotatable bonds is 2. The number of allylic oxidation sites excluding steroid dienone is 1. The second kappa shape index (κ2) is 6.28. The maximum absolute atomic E-state index is 14.1. The van der Waals surface area contributed by atoms with Crippen molar-refractivity contribution in [3.63, 3.8) is 0 Å². The SMILES string of the molecule is CC(C1CC2(C)OC2(C)C(=O)O1)C1CCC2C3C4OC4C4(O)CC=CC(=O)C4(C)C3CC(=O)C12C. The van der Waals surface area contributed by atoms with Gasteiger partial charge in [0.1, 0.15) is 29.2 Å². The molecule has 35 heavy (non-hydrogen) atoms. The predicted octanol–water partition coefficient (Wildman–Crippen LogP) is 2.77. The molecular weight excluding hydrogens is 448 g/mol. The number of carbonyl (C=O) groups is 3. The highest BCUT2D eigenvalue weighted by Crippen LogP contribution is 2.71. The van der Waals surface area contributed by atoms with E-state index in [1.54, 1.807) is 19.1 Å². The number of hydrogen-bond donors (Lipinski definition) is 1. The summed E-state index contributed by atoms with van der Waals surface area (Å²) in [5, 5.41) is 11.7. The smallest absolute Gasteiger partial charge is 0.341 e. The van der Waals surface area contributed by atoms with Crippen LogP contribution in [0.3, 0.4) is 0 Å². The summed E-state index contributed by atoms with van der Waals surface area (Å²) in [6.07, 6.45) is 5.71. The van der Waals surface area contributed by atoms with Crippen LogP contribution in [0.4, 0.5) is 0 Å². The van der Waals surface area contributed by atoms with Crippen LogP contribution in [0.25, 0.3) is 0 Å². The summed E-state index contributed by atoms with van der Waals surface area (Å²) in [6, 6.07) is 0. The molecule has 7 aliphatic rings. The van der Waals surface area contributed by atoms with E-state index in [1.807, 2.05) is 13.8 Å². The van der Waals surface area contributed by atoms with Crippen LogP contribution in [-0.4, -0.2) is 57.8 Å². The molecule has 0 amide bonds. The van der Waals surface area contributed by atoms with Gasteiger partial charge in [0.25, 0.3) is 0 Å². The zero-order valence-corrected chi connectivity index (χ0v) is 21.2. The fourth-order valence-corrected chi connectivity index (χ4v) is 9.74. The topological polar surface area (TPSA) is 106 Å². The van der Waals surface area contributed by atoms with Gasteiger partial charge in [-0.3, -0.25) is 9.59 Å². The number of fused-ring (bicyclic) bond motifs is 9. The molecule has 0 aromatic heterocycles. The Bertz CT molecular complexity index is 1100. The molecule has 7 nitrogen and oxygen atoms in total. The molecule has 190 valence electrons. The van der Waals surface area contributed by atoms with Gasteiger partial charge in [0, 0.05) is 18.3 Å². The molecule has 4 aliphatic carbocycles. The first kappa shape index (κ1) is 22.6. The number of carbonyl (C=O) groups excluding carboxylic acids is 3. The number of cyclic esters (lactones) is 1. The lowest BCUT2D eigenvalue weighted by Crippen LogP contribution is -2.68. The van der Waals surface area contributed by atoms with Crippen LogP contribution in [0.1, 0.15) is 66.7 Å². The fourth-order valence-electron chi connectivity index (χ4n) is 9.74. The van der Waals surface area contributed by atoms with Crippen molar-refractivity contribution in [3.8, 4) is 0 Å². The highest BCUT2D eigenvalue weighted by atomic mass is 16.7. The minimum atomic E-state index is -1.24. The highest BCUT2D eigenvalue weighted by Gasteiger charge is 2.79. The van der Waals surface area contributed by atoms with Gasteiger partial charge in [-0.1, -0.05) is 19.9 Å². The number of hydrogen-bond acceptors (Lipinski definition) is 7. The molecule has 3 aliphatic heterocycles. The number of ketones is 2. The Morgan fingerprint density at radius 1 is 1.09 bits per heavy atom. The summed E-state index contributed by atoms with van der Waals surface area (Å²) in [5.41, 5.74) is -4.14. The van der Waals surface area contributed by atoms with Crippen LogP contribution in [0.5, 0.6) is 0 Å². The Kier molecular flexibility index (Phi) is 4.06. The first-order valence-corrected chi connectivity index (χ1v) is 13.4. The first-order chi connectivity index (χ1) is 16.3. The third-order valence-electron chi connectivity index (χ3n) is 12.3. The molecule has 0 radical (unpaired) electrons. The van der Waals surface area contributed by atoms with E-state index >= 15 is 0 Å². The molecule has 13 atom stereocenters. The molecule has 7 rings (SSSR count). The molecule has 0 aromatic rings. The molecular formula is C28H36O7. The molecule has 3 heterocycles. The van der Waals surface area contributed by atoms with Gasteiger partial charge in [-0.25, -0.2) is 4.79 Å². The zero-order chi connectivity index (χ0) is 24.9. The van der Waals surface area contributed by atoms with E-state index in [2.05, 4.69) is 13.8 Å². The summed E-state index contributed by atoms with van der Waals surface area (Å²) in [5.74, 6) is -0.149. The van der Waals surface area contributed by atoms with Gasteiger partial charge in [-0.05, 0) is 75.7 Å². The molecule has 0 spiro atoms. The van der Waals surface area contributed by atoms with Crippen molar-refractivity contribution in [1.82, 2.24) is 0 Å². The van der Waals surface area contributed by atoms with Crippen molar-refractivity contribution in [2.75, 3.05) is 0 Å². The van der Waals surface area contributed by atoms with Gasteiger partial charge < -0.3 is 19.3 Å². The lowest BCUT2D eigenvalue weighted by Gasteiger charge is -2.59. The lowest BCUT2D eigenvalue weighted by molar-refractivity contribution is -0.185. The second-order valence-corrected chi connectivity index (χ2v) is 13.4. The van der Waals surface area contributed by atoms with E-state index in [-0.39, 0.29) is 71.9 Å². The van der Waals surface area contributed by atoms with Gasteiger partial charge in [0.05, 0.1) is 11.5 Å². The van der Waals surface area contributed by atoms with Crippen molar-refractivity contribution >= 4 is 17.5 Å². The number of Topliss-reactive ketones (excluding diaryl/α,β-unsaturated/α-hetero) is 1. The van der Waals surface area contributed by atoms with Gasteiger partial charge in [-0.2, -0.15) is 0 Å². The molecule has 0 bridgehead atoms. The van der Waals surface area contributed by atoms with Gasteiger partial charge in [0.15, 0.2) is 11.4 Å². The monoisotopic (exact) mass is 484 g/mol. The van der Waals surface area contributed by atoms with Gasteiger partial charge in [-0.15, -0.1) is 0 Å². The van der Waals surface area contributed by atoms with Crippen molar-refractivity contribution in [3.05, 3.63) is 12.2 Å². The van der Waals surface area contributed by atoms with Crippen LogP contribution in [0.2, 0.25) is 0 Å². The van der Waals surface area contributed by atoms with Crippen molar-refractivity contribution in [2.24, 2.45) is 40.4 Å². The zero-order valence-electron chi connectivity index (χ0n) is 21.2. The molecule has 0 aromatic carbocycles. The van der Waals surface area contributed by atoms with Crippen molar-refractivity contribution in [2.45, 2.75) is 102 Å². The fraction of sp³-hybridized carbons (Fsp3) is 0.821. The lowest BCUT2D eigenvalue weighted by atomic mass is 9.43. The number of epoxide rings is 2. The largest absolute Gasteiger partial charge is 0.460 e. The summed E-state index contributed by atoms with van der Waals surface area (Å²) in [4.78, 5) is 40.0. The summed E-state index contributed by atoms with van der Waals surface area (Å²) < 4.78 is 17.9. The van der Waals surface area contributed by atoms with Crippen molar-refractivity contribution < 1.29 is 33.7 Å². The van der Waals surface area contributed by atoms with Crippen LogP contribution >= 0.6 is 0 Å². The minimum absolute atomic E-state index is 0.0197. The molecule has 13 unspecified atom stereocenters.